The first kappa shape index (κ1) is 39.9. The van der Waals surface area contributed by atoms with Crippen LogP contribution in [-0.4, -0.2) is 74.0 Å². The second kappa shape index (κ2) is 20.2. The van der Waals surface area contributed by atoms with Crippen LogP contribution in [0.25, 0.3) is 28.4 Å². The lowest BCUT2D eigenvalue weighted by Gasteiger charge is -2.25. The van der Waals surface area contributed by atoms with Gasteiger partial charge in [-0.2, -0.15) is 10.4 Å². The van der Waals surface area contributed by atoms with Crippen molar-refractivity contribution in [3.05, 3.63) is 124 Å². The molecular weight excluding hydrogens is 672 g/mol. The van der Waals surface area contributed by atoms with Gasteiger partial charge >= 0.3 is 0 Å². The van der Waals surface area contributed by atoms with E-state index in [1.54, 1.807) is 30.4 Å². The summed E-state index contributed by atoms with van der Waals surface area (Å²) in [6.07, 6.45) is 17.2. The minimum Gasteiger partial charge on any atom is -0.516 e. The number of fused-ring (bicyclic) bond motifs is 1. The van der Waals surface area contributed by atoms with Crippen molar-refractivity contribution >= 4 is 41.4 Å². The molecule has 1 fully saturated rings. The molecule has 0 saturated carbocycles. The lowest BCUT2D eigenvalue weighted by Crippen LogP contribution is -2.28. The van der Waals surface area contributed by atoms with Crippen molar-refractivity contribution in [1.82, 2.24) is 25.1 Å². The number of aryl methyl sites for hydroxylation is 1. The van der Waals surface area contributed by atoms with Crippen LogP contribution in [0, 0.1) is 29.5 Å². The third-order valence-corrected chi connectivity index (χ3v) is 8.67. The van der Waals surface area contributed by atoms with E-state index < -0.39 is 5.82 Å². The number of H-pyrrole nitrogens is 2. The molecule has 4 heterocycles. The van der Waals surface area contributed by atoms with Gasteiger partial charge < -0.3 is 25.3 Å². The molecule has 0 unspecified atom stereocenters. The van der Waals surface area contributed by atoms with Gasteiger partial charge in [-0.3, -0.25) is 15.0 Å². The molecule has 5 N–H and O–H groups in total. The molecule has 1 saturated heterocycles. The maximum atomic E-state index is 13.0. The zero-order valence-corrected chi connectivity index (χ0v) is 30.4. The van der Waals surface area contributed by atoms with Crippen LogP contribution in [0.2, 0.25) is 0 Å². The Morgan fingerprint density at radius 3 is 2.68 bits per heavy atom. The van der Waals surface area contributed by atoms with E-state index in [-0.39, 0.29) is 12.3 Å². The standard InChI is InChI=1S/C28H32N6O2.C9H7FN2.C4H8O/c1-19(9-12-29)28-23(20(2)32-33-28)17-26(36)22-7-8-24-25(16-22)31-27(30-24)18-34-13-10-21(11-14-34)6-4-3-5-15-35;1-12-6-8-3-2-7(5-11)4-9(8)10;1-4-2-3-5-4/h3-5,7-10,12,15-17,29,35-36H,6,11,13-14,18H2,1-2H3,(H,30,31)(H,32,33);2-4H,1,6H2;4H,2-3H2,1H3/b4-3-,15-5+,19-9-,26-17+,29-12?;;/t;;4-/m..1/s1. The van der Waals surface area contributed by atoms with Crippen LogP contribution in [0.4, 0.5) is 4.39 Å². The number of hydrogen-bond acceptors (Lipinski definition) is 9. The van der Waals surface area contributed by atoms with E-state index in [0.29, 0.717) is 28.5 Å². The zero-order chi connectivity index (χ0) is 38.2. The summed E-state index contributed by atoms with van der Waals surface area (Å²) in [5.41, 5.74) is 7.81. The molecule has 2 aromatic carbocycles. The highest BCUT2D eigenvalue weighted by atomic mass is 19.1. The minimum absolute atomic E-state index is 0.138. The molecular formula is C41H47FN8O3. The van der Waals surface area contributed by atoms with E-state index in [0.717, 1.165) is 79.0 Å². The van der Waals surface area contributed by atoms with E-state index in [2.05, 4.69) is 50.9 Å². The summed E-state index contributed by atoms with van der Waals surface area (Å²) < 4.78 is 17.9. The molecule has 2 aromatic heterocycles. The average molecular weight is 719 g/mol. The number of imidazole rings is 1. The monoisotopic (exact) mass is 718 g/mol. The molecule has 276 valence electrons. The number of aromatic amines is 2. The number of nitrogens with zero attached hydrogens (tertiary/aromatic N) is 5. The van der Waals surface area contributed by atoms with Gasteiger partial charge in [0.15, 0.2) is 0 Å². The van der Waals surface area contributed by atoms with Gasteiger partial charge in [0.05, 0.1) is 53.8 Å². The molecule has 4 aromatic rings. The van der Waals surface area contributed by atoms with Crippen molar-refractivity contribution in [2.75, 3.05) is 19.7 Å². The molecule has 2 aliphatic heterocycles. The number of ether oxygens (including phenoxy) is 1. The van der Waals surface area contributed by atoms with Crippen LogP contribution in [-0.2, 0) is 17.8 Å². The van der Waals surface area contributed by atoms with Gasteiger partial charge in [0.1, 0.15) is 17.4 Å². The SMILES string of the molecule is C/C(=C/C=N)c1n[nH]c(C)c1/C=C(/O)c1ccc2nc(CN3CC=C(C/C=C\C=C\O)CC3)[nH]c2c1.C=NCc1ccc(C#N)cc1F.C[C@@H]1CCO1. The summed E-state index contributed by atoms with van der Waals surface area (Å²) >= 11 is 0. The normalized spacial score (nSPS) is 16.3. The van der Waals surface area contributed by atoms with Crippen molar-refractivity contribution in [1.29, 1.82) is 10.7 Å². The first-order chi connectivity index (χ1) is 25.6. The number of rotatable bonds is 11. The van der Waals surface area contributed by atoms with Gasteiger partial charge in [0, 0.05) is 48.3 Å². The van der Waals surface area contributed by atoms with E-state index in [9.17, 15) is 9.50 Å². The van der Waals surface area contributed by atoms with Crippen LogP contribution in [0.15, 0.2) is 83.6 Å². The van der Waals surface area contributed by atoms with Crippen molar-refractivity contribution in [2.45, 2.75) is 59.2 Å². The summed E-state index contributed by atoms with van der Waals surface area (Å²) in [6.45, 7) is 13.0. The topological polar surface area (TPSA) is 170 Å². The Hall–Kier alpha value is -5.90. The van der Waals surface area contributed by atoms with Crippen LogP contribution in [0.5, 0.6) is 0 Å². The third-order valence-electron chi connectivity index (χ3n) is 8.67. The van der Waals surface area contributed by atoms with Gasteiger partial charge in [0.2, 0.25) is 0 Å². The fourth-order valence-corrected chi connectivity index (χ4v) is 5.50. The summed E-state index contributed by atoms with van der Waals surface area (Å²) in [6, 6.07) is 11.8. The van der Waals surface area contributed by atoms with E-state index in [1.807, 2.05) is 44.2 Å². The number of halogens is 1. The minimum atomic E-state index is -0.401. The van der Waals surface area contributed by atoms with Crippen molar-refractivity contribution in [3.63, 3.8) is 0 Å². The second-order valence-corrected chi connectivity index (χ2v) is 12.7. The summed E-state index contributed by atoms with van der Waals surface area (Å²) in [4.78, 5) is 14.0. The summed E-state index contributed by atoms with van der Waals surface area (Å²) in [5.74, 6) is 0.635. The van der Waals surface area contributed by atoms with E-state index in [4.69, 9.17) is 25.5 Å². The van der Waals surface area contributed by atoms with Gasteiger partial charge in [-0.15, -0.1) is 0 Å². The second-order valence-electron chi connectivity index (χ2n) is 12.7. The number of aromatic nitrogens is 4. The smallest absolute Gasteiger partial charge is 0.129 e. The molecule has 2 aliphatic rings. The Labute approximate surface area is 309 Å². The van der Waals surface area contributed by atoms with Gasteiger partial charge in [0.25, 0.3) is 0 Å². The van der Waals surface area contributed by atoms with Gasteiger partial charge in [-0.25, -0.2) is 9.37 Å². The summed E-state index contributed by atoms with van der Waals surface area (Å²) in [7, 11) is 0. The number of aliphatic hydroxyl groups is 2. The maximum Gasteiger partial charge on any atom is 0.129 e. The fourth-order valence-electron chi connectivity index (χ4n) is 5.50. The van der Waals surface area contributed by atoms with Gasteiger partial charge in [-0.1, -0.05) is 29.9 Å². The van der Waals surface area contributed by atoms with E-state index in [1.165, 1.54) is 24.3 Å². The average Bonchev–Trinajstić information content (AvgIpc) is 3.73. The Morgan fingerprint density at radius 2 is 2.06 bits per heavy atom. The number of benzene rings is 2. The lowest BCUT2D eigenvalue weighted by molar-refractivity contribution is -0.0375. The quantitative estimate of drug-likeness (QED) is 0.0448. The number of nitrogens with one attached hydrogen (secondary N) is 3. The molecule has 0 radical (unpaired) electrons. The highest BCUT2D eigenvalue weighted by molar-refractivity contribution is 5.88. The largest absolute Gasteiger partial charge is 0.516 e. The van der Waals surface area contributed by atoms with Crippen LogP contribution >= 0.6 is 0 Å². The van der Waals surface area contributed by atoms with Crippen molar-refractivity contribution in [2.24, 2.45) is 4.99 Å². The Morgan fingerprint density at radius 1 is 1.26 bits per heavy atom. The van der Waals surface area contributed by atoms with E-state index >= 15 is 0 Å². The molecule has 6 rings (SSSR count). The Bertz CT molecular complexity index is 2060. The van der Waals surface area contributed by atoms with Crippen LogP contribution < -0.4 is 0 Å². The molecule has 0 aliphatic carbocycles. The fraction of sp³-hybridized carbons (Fsp3) is 0.293. The number of hydrogen-bond donors (Lipinski definition) is 5. The number of nitriles is 1. The predicted octanol–water partition coefficient (Wildman–Crippen LogP) is 8.55. The molecule has 0 amide bonds. The maximum absolute atomic E-state index is 13.0. The molecule has 0 spiro atoms. The predicted molar refractivity (Wildman–Crippen MR) is 210 cm³/mol. The number of aliphatic hydroxyl groups excluding tert-OH is 2. The number of aliphatic imine (C=N–C) groups is 1. The molecule has 11 nitrogen and oxygen atoms in total. The summed E-state index contributed by atoms with van der Waals surface area (Å²) in [5, 5.41) is 42.6. The Kier molecular flexibility index (Phi) is 15.2. The first-order valence-corrected chi connectivity index (χ1v) is 17.4. The molecule has 12 heteroatoms. The molecule has 53 heavy (non-hydrogen) atoms. The van der Waals surface area contributed by atoms with Crippen LogP contribution in [0.1, 0.15) is 72.6 Å². The molecule has 0 bridgehead atoms. The van der Waals surface area contributed by atoms with Crippen molar-refractivity contribution in [3.8, 4) is 6.07 Å². The zero-order valence-electron chi connectivity index (χ0n) is 30.4. The highest BCUT2D eigenvalue weighted by Gasteiger charge is 2.15. The van der Waals surface area contributed by atoms with Crippen molar-refractivity contribution < 1.29 is 19.3 Å². The van der Waals surface area contributed by atoms with Crippen LogP contribution in [0.3, 0.4) is 0 Å². The Balaban J connectivity index is 0.000000301. The third kappa shape index (κ3) is 11.8. The highest BCUT2D eigenvalue weighted by Crippen LogP contribution is 2.26. The first-order valence-electron chi connectivity index (χ1n) is 17.4. The lowest BCUT2D eigenvalue weighted by atomic mass is 10.0. The number of allylic oxidation sites excluding steroid dienone is 5. The van der Waals surface area contributed by atoms with Gasteiger partial charge in [-0.05, 0) is 101 Å². The molecule has 1 atom stereocenters.